The Labute approximate surface area is 117 Å². The average Bonchev–Trinajstić information content (AvgIpc) is 3.08. The summed E-state index contributed by atoms with van der Waals surface area (Å²) >= 11 is 0. The standard InChI is InChI=1S/C14H18N4O2/c1-4-15-13-16-12(11-18(13)5-1)10-17-6-2-14(3-7-17)19-8-9-20-14/h1,4-5,11H,2-3,6-10H2. The smallest absolute Gasteiger partial charge is 0.233 e. The number of nitrogens with zero attached hydrogens (tertiary/aromatic N) is 4. The maximum atomic E-state index is 5.75. The molecular formula is C14H18N4O2. The van der Waals surface area contributed by atoms with E-state index in [1.807, 2.05) is 16.7 Å². The third-order valence-corrected chi connectivity index (χ3v) is 4.10. The molecule has 2 aromatic heterocycles. The maximum absolute atomic E-state index is 5.75. The van der Waals surface area contributed by atoms with Crippen LogP contribution in [-0.2, 0) is 16.0 Å². The van der Waals surface area contributed by atoms with E-state index in [9.17, 15) is 0 Å². The van der Waals surface area contributed by atoms with E-state index < -0.39 is 0 Å². The number of ether oxygens (including phenoxy) is 2. The second kappa shape index (κ2) is 4.80. The highest BCUT2D eigenvalue weighted by molar-refractivity contribution is 5.29. The molecular weight excluding hydrogens is 256 g/mol. The second-order valence-corrected chi connectivity index (χ2v) is 5.44. The Kier molecular flexibility index (Phi) is 2.94. The summed E-state index contributed by atoms with van der Waals surface area (Å²) in [4.78, 5) is 11.2. The van der Waals surface area contributed by atoms with E-state index in [2.05, 4.69) is 21.1 Å². The largest absolute Gasteiger partial charge is 0.347 e. The molecule has 0 amide bonds. The maximum Gasteiger partial charge on any atom is 0.233 e. The number of imidazole rings is 1. The summed E-state index contributed by atoms with van der Waals surface area (Å²) in [5.41, 5.74) is 1.06. The molecule has 0 aliphatic carbocycles. The van der Waals surface area contributed by atoms with Gasteiger partial charge in [0.15, 0.2) is 5.79 Å². The normalized spacial score (nSPS) is 22.8. The topological polar surface area (TPSA) is 51.9 Å². The summed E-state index contributed by atoms with van der Waals surface area (Å²) in [5, 5.41) is 0. The lowest BCUT2D eigenvalue weighted by atomic mass is 10.0. The van der Waals surface area contributed by atoms with Crippen LogP contribution in [-0.4, -0.2) is 51.4 Å². The molecule has 0 radical (unpaired) electrons. The summed E-state index contributed by atoms with van der Waals surface area (Å²) < 4.78 is 13.5. The van der Waals surface area contributed by atoms with Crippen LogP contribution in [0.2, 0.25) is 0 Å². The van der Waals surface area contributed by atoms with Crippen LogP contribution in [0.3, 0.4) is 0 Å². The van der Waals surface area contributed by atoms with Crippen LogP contribution in [0.5, 0.6) is 0 Å². The molecule has 0 unspecified atom stereocenters. The van der Waals surface area contributed by atoms with Crippen LogP contribution in [0.4, 0.5) is 0 Å². The van der Waals surface area contributed by atoms with Gasteiger partial charge in [-0.2, -0.15) is 0 Å². The first-order valence-corrected chi connectivity index (χ1v) is 7.12. The molecule has 1 spiro atoms. The molecule has 2 saturated heterocycles. The van der Waals surface area contributed by atoms with Crippen LogP contribution in [0.25, 0.3) is 5.78 Å². The van der Waals surface area contributed by atoms with Gasteiger partial charge in [-0.05, 0) is 6.07 Å². The zero-order chi connectivity index (χ0) is 13.4. The van der Waals surface area contributed by atoms with Gasteiger partial charge < -0.3 is 9.47 Å². The SMILES string of the molecule is c1cnc2nc(CN3CCC4(CC3)OCCO4)cn2c1. The second-order valence-electron chi connectivity index (χ2n) is 5.44. The molecule has 2 aromatic rings. The summed E-state index contributed by atoms with van der Waals surface area (Å²) in [7, 11) is 0. The van der Waals surface area contributed by atoms with E-state index in [4.69, 9.17) is 9.47 Å². The molecule has 2 aliphatic rings. The predicted molar refractivity (Wildman–Crippen MR) is 72.1 cm³/mol. The Balaban J connectivity index is 1.42. The Morgan fingerprint density at radius 1 is 1.20 bits per heavy atom. The van der Waals surface area contributed by atoms with Gasteiger partial charge >= 0.3 is 0 Å². The summed E-state index contributed by atoms with van der Waals surface area (Å²) in [6.07, 6.45) is 7.68. The van der Waals surface area contributed by atoms with Gasteiger partial charge in [0.2, 0.25) is 5.78 Å². The minimum Gasteiger partial charge on any atom is -0.347 e. The molecule has 0 N–H and O–H groups in total. The zero-order valence-corrected chi connectivity index (χ0v) is 11.4. The highest BCUT2D eigenvalue weighted by atomic mass is 16.7. The fraction of sp³-hybridized carbons (Fsp3) is 0.571. The Morgan fingerprint density at radius 2 is 2.00 bits per heavy atom. The first-order chi connectivity index (χ1) is 9.83. The predicted octanol–water partition coefficient (Wildman–Crippen LogP) is 1.07. The van der Waals surface area contributed by atoms with Crippen LogP contribution in [0.15, 0.2) is 24.7 Å². The van der Waals surface area contributed by atoms with Gasteiger partial charge in [0.05, 0.1) is 18.9 Å². The molecule has 0 bridgehead atoms. The van der Waals surface area contributed by atoms with Crippen molar-refractivity contribution in [2.75, 3.05) is 26.3 Å². The van der Waals surface area contributed by atoms with E-state index >= 15 is 0 Å². The van der Waals surface area contributed by atoms with Gasteiger partial charge in [-0.15, -0.1) is 0 Å². The van der Waals surface area contributed by atoms with Gasteiger partial charge in [0.25, 0.3) is 0 Å². The minimum atomic E-state index is -0.295. The molecule has 0 saturated carbocycles. The van der Waals surface area contributed by atoms with Crippen molar-refractivity contribution in [3.63, 3.8) is 0 Å². The lowest BCUT2D eigenvalue weighted by Crippen LogP contribution is -2.44. The van der Waals surface area contributed by atoms with Gasteiger partial charge in [-0.3, -0.25) is 9.30 Å². The van der Waals surface area contributed by atoms with Gasteiger partial charge in [-0.25, -0.2) is 9.97 Å². The van der Waals surface area contributed by atoms with Crippen LogP contribution in [0, 0.1) is 0 Å². The molecule has 20 heavy (non-hydrogen) atoms. The molecule has 106 valence electrons. The zero-order valence-electron chi connectivity index (χ0n) is 11.4. The van der Waals surface area contributed by atoms with Crippen molar-refractivity contribution < 1.29 is 9.47 Å². The van der Waals surface area contributed by atoms with Crippen molar-refractivity contribution >= 4 is 5.78 Å². The van der Waals surface area contributed by atoms with E-state index in [1.54, 1.807) is 6.20 Å². The summed E-state index contributed by atoms with van der Waals surface area (Å²) in [6, 6.07) is 1.91. The Hall–Kier alpha value is -1.50. The number of rotatable bonds is 2. The molecule has 6 heteroatoms. The highest BCUT2D eigenvalue weighted by Gasteiger charge is 2.39. The first-order valence-electron chi connectivity index (χ1n) is 7.12. The number of piperidine rings is 1. The molecule has 0 aromatic carbocycles. The number of hydrogen-bond donors (Lipinski definition) is 0. The number of aromatic nitrogens is 3. The van der Waals surface area contributed by atoms with Gasteiger partial charge in [0.1, 0.15) is 0 Å². The fourth-order valence-corrected chi connectivity index (χ4v) is 3.02. The highest BCUT2D eigenvalue weighted by Crippen LogP contribution is 2.31. The Bertz CT molecular complexity index is 563. The first kappa shape index (κ1) is 12.3. The van der Waals surface area contributed by atoms with Crippen molar-refractivity contribution in [2.24, 2.45) is 0 Å². The van der Waals surface area contributed by atoms with Crippen LogP contribution >= 0.6 is 0 Å². The fourth-order valence-electron chi connectivity index (χ4n) is 3.02. The quantitative estimate of drug-likeness (QED) is 0.820. The van der Waals surface area contributed by atoms with Crippen molar-refractivity contribution in [3.8, 4) is 0 Å². The average molecular weight is 274 g/mol. The Morgan fingerprint density at radius 3 is 2.75 bits per heavy atom. The van der Waals surface area contributed by atoms with E-state index in [0.717, 1.165) is 57.2 Å². The monoisotopic (exact) mass is 274 g/mol. The van der Waals surface area contributed by atoms with Crippen molar-refractivity contribution in [1.29, 1.82) is 0 Å². The molecule has 6 nitrogen and oxygen atoms in total. The number of likely N-dealkylation sites (tertiary alicyclic amines) is 1. The van der Waals surface area contributed by atoms with Crippen molar-refractivity contribution in [1.82, 2.24) is 19.3 Å². The molecule has 2 aliphatic heterocycles. The lowest BCUT2D eigenvalue weighted by molar-refractivity contribution is -0.185. The third kappa shape index (κ3) is 2.19. The van der Waals surface area contributed by atoms with Crippen LogP contribution < -0.4 is 0 Å². The summed E-state index contributed by atoms with van der Waals surface area (Å²) in [5.74, 6) is 0.468. The summed E-state index contributed by atoms with van der Waals surface area (Å²) in [6.45, 7) is 4.30. The van der Waals surface area contributed by atoms with Crippen molar-refractivity contribution in [3.05, 3.63) is 30.4 Å². The van der Waals surface area contributed by atoms with Gasteiger partial charge in [-0.1, -0.05) is 0 Å². The number of hydrogen-bond acceptors (Lipinski definition) is 5. The molecule has 0 atom stereocenters. The van der Waals surface area contributed by atoms with Crippen LogP contribution in [0.1, 0.15) is 18.5 Å². The lowest BCUT2D eigenvalue weighted by Gasteiger charge is -2.37. The third-order valence-electron chi connectivity index (χ3n) is 4.10. The van der Waals surface area contributed by atoms with Gasteiger partial charge in [0, 0.05) is 51.1 Å². The molecule has 4 heterocycles. The van der Waals surface area contributed by atoms with E-state index in [-0.39, 0.29) is 5.79 Å². The molecule has 2 fully saturated rings. The molecule has 4 rings (SSSR count). The van der Waals surface area contributed by atoms with E-state index in [0.29, 0.717) is 0 Å². The minimum absolute atomic E-state index is 0.295. The number of fused-ring (bicyclic) bond motifs is 1. The van der Waals surface area contributed by atoms with E-state index in [1.165, 1.54) is 0 Å². The van der Waals surface area contributed by atoms with Crippen molar-refractivity contribution in [2.45, 2.75) is 25.2 Å².